The fourth-order valence-corrected chi connectivity index (χ4v) is 3.95. The van der Waals surface area contributed by atoms with Gasteiger partial charge in [0.15, 0.2) is 5.75 Å². The second kappa shape index (κ2) is 7.87. The van der Waals surface area contributed by atoms with Crippen LogP contribution in [0.5, 0.6) is 5.75 Å². The standard InChI is InChI=1S/C21H21FN6O/c1-27-13-25-26-21(27)14-6-8-28(9-7-14)19-15(11-23)4-3-5-17(19)16-10-18(29-2)20(22)24-12-16/h3-5,10,12-14H,6-9H2,1-2H3. The van der Waals surface area contributed by atoms with Crippen LogP contribution in [0.3, 0.4) is 0 Å². The van der Waals surface area contributed by atoms with Crippen molar-refractivity contribution in [2.24, 2.45) is 7.05 Å². The van der Waals surface area contributed by atoms with Gasteiger partial charge in [-0.25, -0.2) is 4.98 Å². The lowest BCUT2D eigenvalue weighted by atomic mass is 9.93. The van der Waals surface area contributed by atoms with Gasteiger partial charge in [0.2, 0.25) is 0 Å². The number of aryl methyl sites for hydroxylation is 1. The number of piperidine rings is 1. The molecular weight excluding hydrogens is 371 g/mol. The van der Waals surface area contributed by atoms with Gasteiger partial charge in [0.25, 0.3) is 5.95 Å². The molecule has 29 heavy (non-hydrogen) atoms. The van der Waals surface area contributed by atoms with E-state index in [9.17, 15) is 9.65 Å². The molecule has 8 heteroatoms. The summed E-state index contributed by atoms with van der Waals surface area (Å²) in [6, 6.07) is 9.49. The van der Waals surface area contributed by atoms with Gasteiger partial charge in [-0.1, -0.05) is 12.1 Å². The predicted molar refractivity (Wildman–Crippen MR) is 106 cm³/mol. The van der Waals surface area contributed by atoms with Crippen molar-refractivity contribution in [2.45, 2.75) is 18.8 Å². The molecule has 7 nitrogen and oxygen atoms in total. The van der Waals surface area contributed by atoms with Gasteiger partial charge in [0.1, 0.15) is 18.2 Å². The van der Waals surface area contributed by atoms with Crippen LogP contribution in [0.25, 0.3) is 11.1 Å². The largest absolute Gasteiger partial charge is 0.492 e. The molecule has 0 N–H and O–H groups in total. The van der Waals surface area contributed by atoms with Crippen LogP contribution in [0.1, 0.15) is 30.1 Å². The summed E-state index contributed by atoms with van der Waals surface area (Å²) < 4.78 is 20.8. The number of nitrogens with zero attached hydrogens (tertiary/aromatic N) is 6. The van der Waals surface area contributed by atoms with Crippen LogP contribution < -0.4 is 9.64 Å². The second-order valence-electron chi connectivity index (χ2n) is 7.09. The Labute approximate surface area is 168 Å². The van der Waals surface area contributed by atoms with Crippen molar-refractivity contribution in [2.75, 3.05) is 25.1 Å². The molecule has 0 aliphatic carbocycles. The number of anilines is 1. The number of nitriles is 1. The van der Waals surface area contributed by atoms with Gasteiger partial charge in [0.05, 0.1) is 18.4 Å². The van der Waals surface area contributed by atoms with E-state index in [1.165, 1.54) is 13.3 Å². The first kappa shape index (κ1) is 18.9. The van der Waals surface area contributed by atoms with E-state index in [1.807, 2.05) is 29.8 Å². The van der Waals surface area contributed by atoms with Crippen molar-refractivity contribution in [3.05, 3.63) is 54.1 Å². The monoisotopic (exact) mass is 392 g/mol. The van der Waals surface area contributed by atoms with Crippen LogP contribution in [0, 0.1) is 17.3 Å². The topological polar surface area (TPSA) is 79.9 Å². The lowest BCUT2D eigenvalue weighted by molar-refractivity contribution is 0.378. The highest BCUT2D eigenvalue weighted by atomic mass is 19.1. The highest BCUT2D eigenvalue weighted by molar-refractivity contribution is 5.83. The molecule has 0 amide bonds. The Morgan fingerprint density at radius 2 is 2.07 bits per heavy atom. The number of halogens is 1. The molecule has 0 saturated carbocycles. The third-order valence-electron chi connectivity index (χ3n) is 5.42. The Hall–Kier alpha value is -3.47. The fraction of sp³-hybridized carbons (Fsp3) is 0.333. The summed E-state index contributed by atoms with van der Waals surface area (Å²) in [5.41, 5.74) is 2.99. The summed E-state index contributed by atoms with van der Waals surface area (Å²) in [6.45, 7) is 1.57. The van der Waals surface area contributed by atoms with Gasteiger partial charge in [-0.3, -0.25) is 0 Å². The fourth-order valence-electron chi connectivity index (χ4n) is 3.95. The van der Waals surface area contributed by atoms with E-state index < -0.39 is 5.95 Å². The molecule has 3 heterocycles. The molecule has 0 unspecified atom stereocenters. The zero-order valence-electron chi connectivity index (χ0n) is 16.3. The minimum Gasteiger partial charge on any atom is -0.492 e. The average molecular weight is 392 g/mol. The average Bonchev–Trinajstić information content (AvgIpc) is 3.19. The summed E-state index contributed by atoms with van der Waals surface area (Å²) in [6.07, 6.45) is 5.03. The Morgan fingerprint density at radius 3 is 2.72 bits per heavy atom. The van der Waals surface area contributed by atoms with Crippen LogP contribution in [-0.4, -0.2) is 39.9 Å². The molecule has 1 saturated heterocycles. The highest BCUT2D eigenvalue weighted by Crippen LogP contribution is 2.38. The highest BCUT2D eigenvalue weighted by Gasteiger charge is 2.27. The molecule has 0 bridgehead atoms. The normalized spacial score (nSPS) is 14.6. The Balaban J connectivity index is 1.68. The lowest BCUT2D eigenvalue weighted by Gasteiger charge is -2.35. The first-order valence-electron chi connectivity index (χ1n) is 9.44. The van der Waals surface area contributed by atoms with Crippen LogP contribution in [0.15, 0.2) is 36.8 Å². The molecular formula is C21H21FN6O. The maximum absolute atomic E-state index is 13.8. The van der Waals surface area contributed by atoms with Gasteiger partial charge in [0, 0.05) is 43.4 Å². The molecule has 148 valence electrons. The second-order valence-corrected chi connectivity index (χ2v) is 7.09. The van der Waals surface area contributed by atoms with Crippen molar-refractivity contribution in [3.63, 3.8) is 0 Å². The molecule has 1 aliphatic rings. The predicted octanol–water partition coefficient (Wildman–Crippen LogP) is 3.28. The molecule has 0 radical (unpaired) electrons. The third kappa shape index (κ3) is 3.51. The van der Waals surface area contributed by atoms with Crippen molar-refractivity contribution < 1.29 is 9.13 Å². The van der Waals surface area contributed by atoms with Gasteiger partial charge in [-0.2, -0.15) is 9.65 Å². The SMILES string of the molecule is COc1cc(-c2cccc(C#N)c2N2CCC(c3nncn3C)CC2)cnc1F. The van der Waals surface area contributed by atoms with Crippen LogP contribution in [0.2, 0.25) is 0 Å². The van der Waals surface area contributed by atoms with Crippen LogP contribution in [-0.2, 0) is 7.05 Å². The number of pyridine rings is 1. The number of benzene rings is 1. The van der Waals surface area contributed by atoms with Gasteiger partial charge >= 0.3 is 0 Å². The van der Waals surface area contributed by atoms with Crippen molar-refractivity contribution >= 4 is 5.69 Å². The van der Waals surface area contributed by atoms with Crippen LogP contribution >= 0.6 is 0 Å². The van der Waals surface area contributed by atoms with Crippen molar-refractivity contribution in [1.82, 2.24) is 19.7 Å². The molecule has 0 spiro atoms. The molecule has 3 aromatic rings. The van der Waals surface area contributed by atoms with E-state index >= 15 is 0 Å². The number of hydrogen-bond acceptors (Lipinski definition) is 6. The maximum Gasteiger partial charge on any atom is 0.255 e. The van der Waals surface area contributed by atoms with E-state index in [0.29, 0.717) is 17.0 Å². The zero-order valence-corrected chi connectivity index (χ0v) is 16.3. The number of hydrogen-bond donors (Lipinski definition) is 0. The summed E-state index contributed by atoms with van der Waals surface area (Å²) in [4.78, 5) is 6.03. The van der Waals surface area contributed by atoms with Gasteiger partial charge in [-0.05, 0) is 25.0 Å². The zero-order chi connectivity index (χ0) is 20.4. The van der Waals surface area contributed by atoms with Gasteiger partial charge in [-0.15, -0.1) is 10.2 Å². The van der Waals surface area contributed by atoms with Crippen molar-refractivity contribution in [3.8, 4) is 22.9 Å². The molecule has 1 fully saturated rings. The Bertz CT molecular complexity index is 1070. The van der Waals surface area contributed by atoms with Crippen LogP contribution in [0.4, 0.5) is 10.1 Å². The number of para-hydroxylation sites is 1. The summed E-state index contributed by atoms with van der Waals surface area (Å²) in [5, 5.41) is 17.9. The van der Waals surface area contributed by atoms with E-state index in [-0.39, 0.29) is 5.75 Å². The van der Waals surface area contributed by atoms with Gasteiger partial charge < -0.3 is 14.2 Å². The van der Waals surface area contributed by atoms with E-state index in [4.69, 9.17) is 4.74 Å². The summed E-state index contributed by atoms with van der Waals surface area (Å²) in [7, 11) is 3.37. The number of ether oxygens (including phenoxy) is 1. The molecule has 1 aliphatic heterocycles. The molecule has 0 atom stereocenters. The van der Waals surface area contributed by atoms with E-state index in [2.05, 4.69) is 26.2 Å². The van der Waals surface area contributed by atoms with E-state index in [0.717, 1.165) is 43.0 Å². The summed E-state index contributed by atoms with van der Waals surface area (Å²) in [5.74, 6) is 0.755. The number of methoxy groups -OCH3 is 1. The van der Waals surface area contributed by atoms with Crippen molar-refractivity contribution in [1.29, 1.82) is 5.26 Å². The third-order valence-corrected chi connectivity index (χ3v) is 5.42. The lowest BCUT2D eigenvalue weighted by Crippen LogP contribution is -2.34. The minimum absolute atomic E-state index is 0.0804. The molecule has 4 rings (SSSR count). The number of aromatic nitrogens is 4. The van der Waals surface area contributed by atoms with E-state index in [1.54, 1.807) is 12.4 Å². The maximum atomic E-state index is 13.8. The Morgan fingerprint density at radius 1 is 1.28 bits per heavy atom. The smallest absolute Gasteiger partial charge is 0.255 e. The first-order chi connectivity index (χ1) is 14.1. The number of rotatable bonds is 4. The quantitative estimate of drug-likeness (QED) is 0.634. The molecule has 1 aromatic carbocycles. The first-order valence-corrected chi connectivity index (χ1v) is 9.44. The molecule has 2 aromatic heterocycles. The Kier molecular flexibility index (Phi) is 5.12. The minimum atomic E-state index is -0.654. The summed E-state index contributed by atoms with van der Waals surface area (Å²) >= 11 is 0.